The summed E-state index contributed by atoms with van der Waals surface area (Å²) >= 11 is 3.24. The molecule has 6 nitrogen and oxygen atoms in total. The number of phenolic OH excluding ortho intramolecular Hbond substituents is 1. The molecule has 0 amide bonds. The first-order valence-corrected chi connectivity index (χ1v) is 8.69. The quantitative estimate of drug-likeness (QED) is 0.565. The third kappa shape index (κ3) is 4.49. The fraction of sp³-hybridized carbons (Fsp3) is 0.211. The van der Waals surface area contributed by atoms with Crippen LogP contribution in [0.3, 0.4) is 0 Å². The maximum atomic E-state index is 12.8. The van der Waals surface area contributed by atoms with Crippen LogP contribution >= 0.6 is 15.9 Å². The van der Waals surface area contributed by atoms with Crippen LogP contribution in [0.2, 0.25) is 0 Å². The van der Waals surface area contributed by atoms with E-state index < -0.39 is 17.7 Å². The number of hydrogen-bond acceptors (Lipinski definition) is 6. The van der Waals surface area contributed by atoms with Gasteiger partial charge in [0.05, 0.1) is 29.9 Å². The topological polar surface area (TPSA) is 89.9 Å². The molecule has 0 unspecified atom stereocenters. The maximum absolute atomic E-state index is 12.8. The molecule has 2 aromatic carbocycles. The van der Waals surface area contributed by atoms with Crippen molar-refractivity contribution in [3.63, 3.8) is 0 Å². The molecule has 7 heteroatoms. The zero-order chi connectivity index (χ0) is 19.3. The Hall–Kier alpha value is -2.67. The van der Waals surface area contributed by atoms with Gasteiger partial charge in [0.25, 0.3) is 0 Å². The van der Waals surface area contributed by atoms with Crippen LogP contribution in [0.1, 0.15) is 50.5 Å². The molecule has 2 aromatic rings. The summed E-state index contributed by atoms with van der Waals surface area (Å²) in [5.41, 5.74) is 0.202. The zero-order valence-electron chi connectivity index (χ0n) is 14.2. The molecule has 136 valence electrons. The lowest BCUT2D eigenvalue weighted by atomic mass is 9.98. The third-order valence-corrected chi connectivity index (χ3v) is 3.91. The number of benzene rings is 2. The van der Waals surface area contributed by atoms with Crippen LogP contribution in [0.15, 0.2) is 40.9 Å². The van der Waals surface area contributed by atoms with E-state index in [4.69, 9.17) is 9.47 Å². The number of esters is 2. The summed E-state index contributed by atoms with van der Waals surface area (Å²) in [6.45, 7) is 3.60. The molecule has 0 radical (unpaired) electrons. The Balaban J connectivity index is 2.55. The van der Waals surface area contributed by atoms with Gasteiger partial charge in [-0.1, -0.05) is 15.9 Å². The number of ketones is 1. The van der Waals surface area contributed by atoms with Crippen molar-refractivity contribution in [3.8, 4) is 5.75 Å². The van der Waals surface area contributed by atoms with Crippen LogP contribution in [0.5, 0.6) is 5.75 Å². The number of carbonyl (C=O) groups is 3. The van der Waals surface area contributed by atoms with Gasteiger partial charge < -0.3 is 14.6 Å². The molecule has 0 bridgehead atoms. The zero-order valence-corrected chi connectivity index (χ0v) is 15.8. The van der Waals surface area contributed by atoms with Crippen LogP contribution in [0.4, 0.5) is 0 Å². The lowest BCUT2D eigenvalue weighted by molar-refractivity contribution is 0.0525. The normalized spacial score (nSPS) is 10.3. The number of aromatic hydroxyl groups is 1. The van der Waals surface area contributed by atoms with Gasteiger partial charge in [0.2, 0.25) is 0 Å². The summed E-state index contributed by atoms with van der Waals surface area (Å²) in [6.07, 6.45) is 0. The molecule has 0 fully saturated rings. The molecule has 0 spiro atoms. The Morgan fingerprint density at radius 1 is 0.885 bits per heavy atom. The average molecular weight is 421 g/mol. The molecule has 0 saturated carbocycles. The smallest absolute Gasteiger partial charge is 0.338 e. The lowest BCUT2D eigenvalue weighted by Gasteiger charge is -2.10. The second-order valence-electron chi connectivity index (χ2n) is 5.23. The molecule has 26 heavy (non-hydrogen) atoms. The molecule has 0 aromatic heterocycles. The first-order valence-electron chi connectivity index (χ1n) is 7.89. The second kappa shape index (κ2) is 8.62. The molecule has 0 aliphatic heterocycles. The van der Waals surface area contributed by atoms with Crippen molar-refractivity contribution >= 4 is 33.7 Å². The van der Waals surface area contributed by atoms with Crippen LogP contribution in [0.25, 0.3) is 0 Å². The number of phenols is 1. The number of carbonyl (C=O) groups excluding carboxylic acids is 3. The molecular formula is C19H17BrO6. The minimum absolute atomic E-state index is 0.0372. The van der Waals surface area contributed by atoms with E-state index in [0.29, 0.717) is 4.47 Å². The predicted molar refractivity (Wildman–Crippen MR) is 97.6 cm³/mol. The molecule has 1 N–H and O–H groups in total. The summed E-state index contributed by atoms with van der Waals surface area (Å²) in [4.78, 5) is 36.9. The van der Waals surface area contributed by atoms with E-state index in [1.807, 2.05) is 0 Å². The van der Waals surface area contributed by atoms with Gasteiger partial charge in [-0.15, -0.1) is 0 Å². The van der Waals surface area contributed by atoms with E-state index in [1.165, 1.54) is 30.3 Å². The summed E-state index contributed by atoms with van der Waals surface area (Å²) in [6, 6.07) is 8.38. The highest BCUT2D eigenvalue weighted by Gasteiger charge is 2.20. The summed E-state index contributed by atoms with van der Waals surface area (Å²) in [5, 5.41) is 9.97. The van der Waals surface area contributed by atoms with Gasteiger partial charge in [0.15, 0.2) is 5.78 Å². The van der Waals surface area contributed by atoms with Gasteiger partial charge in [0.1, 0.15) is 5.75 Å². The molecule has 0 atom stereocenters. The molecule has 0 saturated heterocycles. The maximum Gasteiger partial charge on any atom is 0.338 e. The Morgan fingerprint density at radius 2 is 1.38 bits per heavy atom. The van der Waals surface area contributed by atoms with Crippen molar-refractivity contribution in [1.29, 1.82) is 0 Å². The van der Waals surface area contributed by atoms with Crippen LogP contribution < -0.4 is 0 Å². The minimum Gasteiger partial charge on any atom is -0.507 e. The number of halogens is 1. The number of ether oxygens (including phenoxy) is 2. The fourth-order valence-electron chi connectivity index (χ4n) is 2.27. The molecule has 0 aliphatic rings. The van der Waals surface area contributed by atoms with E-state index in [-0.39, 0.29) is 41.2 Å². The van der Waals surface area contributed by atoms with E-state index in [9.17, 15) is 19.5 Å². The summed E-state index contributed by atoms with van der Waals surface area (Å²) in [7, 11) is 0. The van der Waals surface area contributed by atoms with Crippen molar-refractivity contribution in [1.82, 2.24) is 0 Å². The predicted octanol–water partition coefficient (Wildman–Crippen LogP) is 3.74. The Bertz CT molecular complexity index is 823. The monoisotopic (exact) mass is 420 g/mol. The molecule has 2 rings (SSSR count). The van der Waals surface area contributed by atoms with Crippen LogP contribution in [-0.4, -0.2) is 36.0 Å². The standard InChI is InChI=1S/C19H17BrO6/c1-3-25-18(23)12-7-11(8-13(9-12)19(24)26-4-2)17(22)15-10-14(20)5-6-16(15)21/h5-10,21H,3-4H2,1-2H3. The van der Waals surface area contributed by atoms with Crippen molar-refractivity contribution in [2.24, 2.45) is 0 Å². The Kier molecular flexibility index (Phi) is 6.52. The minimum atomic E-state index is -0.661. The fourth-order valence-corrected chi connectivity index (χ4v) is 2.63. The first kappa shape index (κ1) is 19.7. The summed E-state index contributed by atoms with van der Waals surface area (Å²) < 4.78 is 10.5. The van der Waals surface area contributed by atoms with E-state index in [2.05, 4.69) is 15.9 Å². The highest BCUT2D eigenvalue weighted by molar-refractivity contribution is 9.10. The van der Waals surface area contributed by atoms with Gasteiger partial charge >= 0.3 is 11.9 Å². The first-order chi connectivity index (χ1) is 12.4. The van der Waals surface area contributed by atoms with Gasteiger partial charge in [-0.05, 0) is 50.2 Å². The van der Waals surface area contributed by atoms with Gasteiger partial charge in [0, 0.05) is 10.0 Å². The Morgan fingerprint density at radius 3 is 1.88 bits per heavy atom. The molecule has 0 heterocycles. The number of hydrogen-bond donors (Lipinski definition) is 1. The molecule has 0 aliphatic carbocycles. The van der Waals surface area contributed by atoms with Crippen LogP contribution in [-0.2, 0) is 9.47 Å². The lowest BCUT2D eigenvalue weighted by Crippen LogP contribution is -2.12. The van der Waals surface area contributed by atoms with Gasteiger partial charge in [-0.3, -0.25) is 4.79 Å². The SMILES string of the molecule is CCOC(=O)c1cc(C(=O)OCC)cc(C(=O)c2cc(Br)ccc2O)c1. The van der Waals surface area contributed by atoms with Crippen LogP contribution in [0, 0.1) is 0 Å². The van der Waals surface area contributed by atoms with Crippen molar-refractivity contribution in [3.05, 3.63) is 63.1 Å². The Labute approximate surface area is 158 Å². The van der Waals surface area contributed by atoms with Gasteiger partial charge in [-0.25, -0.2) is 9.59 Å². The summed E-state index contributed by atoms with van der Waals surface area (Å²) in [5.74, 6) is -2.07. The second-order valence-corrected chi connectivity index (χ2v) is 6.15. The van der Waals surface area contributed by atoms with Crippen molar-refractivity contribution in [2.75, 3.05) is 13.2 Å². The third-order valence-electron chi connectivity index (χ3n) is 3.42. The van der Waals surface area contributed by atoms with E-state index in [0.717, 1.165) is 0 Å². The molecular weight excluding hydrogens is 404 g/mol. The highest BCUT2D eigenvalue weighted by Crippen LogP contribution is 2.25. The average Bonchev–Trinajstić information content (AvgIpc) is 2.63. The van der Waals surface area contributed by atoms with E-state index in [1.54, 1.807) is 19.9 Å². The highest BCUT2D eigenvalue weighted by atomic mass is 79.9. The largest absolute Gasteiger partial charge is 0.507 e. The van der Waals surface area contributed by atoms with Gasteiger partial charge in [-0.2, -0.15) is 0 Å². The van der Waals surface area contributed by atoms with Crippen molar-refractivity contribution in [2.45, 2.75) is 13.8 Å². The number of rotatable bonds is 6. The van der Waals surface area contributed by atoms with Crippen molar-refractivity contribution < 1.29 is 29.0 Å². The van der Waals surface area contributed by atoms with E-state index >= 15 is 0 Å².